The van der Waals surface area contributed by atoms with Crippen molar-refractivity contribution in [2.75, 3.05) is 13.7 Å². The normalized spacial score (nSPS) is 21.0. The SMILES string of the molecule is C/C=C\C#CC(/C=C/C1=C(C(=O)O)N(C=O)C(C(C)C(C)O)C1)COC. The van der Waals surface area contributed by atoms with Crippen molar-refractivity contribution in [3.63, 3.8) is 0 Å². The van der Waals surface area contributed by atoms with E-state index in [-0.39, 0.29) is 17.5 Å². The highest BCUT2D eigenvalue weighted by Gasteiger charge is 2.38. The Morgan fingerprint density at radius 1 is 1.46 bits per heavy atom. The number of aliphatic hydroxyl groups excluding tert-OH is 1. The van der Waals surface area contributed by atoms with Gasteiger partial charge in [-0.05, 0) is 31.9 Å². The third-order valence-corrected chi connectivity index (χ3v) is 4.43. The van der Waals surface area contributed by atoms with E-state index in [1.165, 1.54) is 4.90 Å². The molecule has 2 N–H and O–H groups in total. The maximum atomic E-state index is 11.7. The molecule has 6 heteroatoms. The number of hydrogen-bond donors (Lipinski definition) is 2. The van der Waals surface area contributed by atoms with Crippen LogP contribution >= 0.6 is 0 Å². The van der Waals surface area contributed by atoms with E-state index in [4.69, 9.17) is 4.74 Å². The van der Waals surface area contributed by atoms with Gasteiger partial charge >= 0.3 is 5.97 Å². The van der Waals surface area contributed by atoms with Gasteiger partial charge < -0.3 is 19.8 Å². The van der Waals surface area contributed by atoms with Gasteiger partial charge in [-0.25, -0.2) is 4.79 Å². The molecular weight excluding hydrogens is 334 g/mol. The van der Waals surface area contributed by atoms with Gasteiger partial charge in [0.15, 0.2) is 0 Å². The molecule has 1 rings (SSSR count). The number of aliphatic carboxylic acids is 1. The van der Waals surface area contributed by atoms with Gasteiger partial charge in [-0.15, -0.1) is 0 Å². The van der Waals surface area contributed by atoms with Crippen LogP contribution in [0.5, 0.6) is 0 Å². The van der Waals surface area contributed by atoms with Crippen LogP contribution in [0, 0.1) is 23.7 Å². The fourth-order valence-electron chi connectivity index (χ4n) is 2.83. The molecule has 0 radical (unpaired) electrons. The number of carboxylic acid groups (broad SMARTS) is 1. The highest BCUT2D eigenvalue weighted by Crippen LogP contribution is 2.34. The highest BCUT2D eigenvalue weighted by atomic mass is 16.5. The lowest BCUT2D eigenvalue weighted by Gasteiger charge is -2.29. The maximum Gasteiger partial charge on any atom is 0.352 e. The summed E-state index contributed by atoms with van der Waals surface area (Å²) in [6, 6.07) is -0.395. The first kappa shape index (κ1) is 21.7. The van der Waals surface area contributed by atoms with E-state index < -0.39 is 18.1 Å². The second kappa shape index (κ2) is 10.6. The first-order valence-corrected chi connectivity index (χ1v) is 8.54. The minimum atomic E-state index is -1.17. The van der Waals surface area contributed by atoms with Gasteiger partial charge in [0.05, 0.1) is 18.6 Å². The highest BCUT2D eigenvalue weighted by molar-refractivity contribution is 5.91. The van der Waals surface area contributed by atoms with Crippen molar-refractivity contribution in [1.29, 1.82) is 0 Å². The zero-order valence-electron chi connectivity index (χ0n) is 15.7. The smallest absolute Gasteiger partial charge is 0.352 e. The molecule has 4 unspecified atom stereocenters. The molecule has 26 heavy (non-hydrogen) atoms. The van der Waals surface area contributed by atoms with Gasteiger partial charge in [0, 0.05) is 19.1 Å². The Hall–Kier alpha value is -2.36. The van der Waals surface area contributed by atoms with Gasteiger partial charge in [0.2, 0.25) is 6.41 Å². The molecule has 0 saturated heterocycles. The second-order valence-corrected chi connectivity index (χ2v) is 6.27. The average molecular weight is 361 g/mol. The molecule has 6 nitrogen and oxygen atoms in total. The van der Waals surface area contributed by atoms with Crippen LogP contribution in [0.1, 0.15) is 27.2 Å². The molecule has 1 aliphatic rings. The first-order valence-electron chi connectivity index (χ1n) is 8.54. The van der Waals surface area contributed by atoms with E-state index >= 15 is 0 Å². The average Bonchev–Trinajstić information content (AvgIpc) is 2.97. The number of ether oxygens (including phenoxy) is 1. The minimum Gasteiger partial charge on any atom is -0.477 e. The van der Waals surface area contributed by atoms with Crippen LogP contribution in [-0.2, 0) is 14.3 Å². The number of carboxylic acids is 1. The minimum absolute atomic E-state index is 0.0497. The van der Waals surface area contributed by atoms with Crippen LogP contribution in [0.3, 0.4) is 0 Å². The van der Waals surface area contributed by atoms with Gasteiger partial charge in [-0.3, -0.25) is 4.79 Å². The molecule has 0 fully saturated rings. The summed E-state index contributed by atoms with van der Waals surface area (Å²) in [5, 5.41) is 19.4. The molecule has 0 aromatic carbocycles. The summed E-state index contributed by atoms with van der Waals surface area (Å²) >= 11 is 0. The van der Waals surface area contributed by atoms with E-state index in [0.717, 1.165) is 0 Å². The van der Waals surface area contributed by atoms with Gasteiger partial charge in [-0.2, -0.15) is 0 Å². The van der Waals surface area contributed by atoms with Crippen LogP contribution in [0.2, 0.25) is 0 Å². The zero-order valence-corrected chi connectivity index (χ0v) is 15.7. The Morgan fingerprint density at radius 2 is 2.15 bits per heavy atom. The van der Waals surface area contributed by atoms with Gasteiger partial charge in [0.25, 0.3) is 0 Å². The largest absolute Gasteiger partial charge is 0.477 e. The van der Waals surface area contributed by atoms with Gasteiger partial charge in [-0.1, -0.05) is 37.0 Å². The Kier molecular flexibility index (Phi) is 8.83. The number of amides is 1. The molecule has 0 aromatic rings. The topological polar surface area (TPSA) is 87.1 Å². The number of rotatable bonds is 8. The number of carbonyl (C=O) groups is 2. The summed E-state index contributed by atoms with van der Waals surface area (Å²) in [5.41, 5.74) is 0.488. The van der Waals surface area contributed by atoms with Crippen LogP contribution < -0.4 is 0 Å². The molecule has 142 valence electrons. The number of hydrogen-bond acceptors (Lipinski definition) is 4. The first-order chi connectivity index (χ1) is 12.4. The van der Waals surface area contributed by atoms with Crippen molar-refractivity contribution in [2.24, 2.45) is 11.8 Å². The van der Waals surface area contributed by atoms with Crippen molar-refractivity contribution >= 4 is 12.4 Å². The summed E-state index contributed by atoms with van der Waals surface area (Å²) < 4.78 is 5.15. The van der Waals surface area contributed by atoms with Crippen LogP contribution in [0.15, 0.2) is 35.6 Å². The van der Waals surface area contributed by atoms with Crippen LogP contribution in [0.25, 0.3) is 0 Å². The molecule has 0 aromatic heterocycles. The fraction of sp³-hybridized carbons (Fsp3) is 0.500. The molecule has 0 spiro atoms. The van der Waals surface area contributed by atoms with Crippen LogP contribution in [0.4, 0.5) is 0 Å². The van der Waals surface area contributed by atoms with Crippen molar-refractivity contribution in [3.8, 4) is 11.8 Å². The molecule has 1 aliphatic heterocycles. The Labute approximate surface area is 154 Å². The van der Waals surface area contributed by atoms with E-state index in [0.29, 0.717) is 25.0 Å². The monoisotopic (exact) mass is 361 g/mol. The van der Waals surface area contributed by atoms with Crippen molar-refractivity contribution in [2.45, 2.75) is 39.3 Å². The summed E-state index contributed by atoms with van der Waals surface area (Å²) in [6.07, 6.45) is 7.26. The molecular formula is C20H27NO5. The Morgan fingerprint density at radius 3 is 2.65 bits per heavy atom. The summed E-state index contributed by atoms with van der Waals surface area (Å²) in [6.45, 7) is 5.68. The predicted molar refractivity (Wildman–Crippen MR) is 98.9 cm³/mol. The predicted octanol–water partition coefficient (Wildman–Crippen LogP) is 1.97. The van der Waals surface area contributed by atoms with E-state index in [2.05, 4.69) is 11.8 Å². The van der Waals surface area contributed by atoms with Crippen molar-refractivity contribution in [1.82, 2.24) is 4.90 Å². The van der Waals surface area contributed by atoms with E-state index in [9.17, 15) is 19.8 Å². The fourth-order valence-corrected chi connectivity index (χ4v) is 2.83. The number of nitrogens with zero attached hydrogens (tertiary/aromatic N) is 1. The number of allylic oxidation sites excluding steroid dienone is 3. The third kappa shape index (κ3) is 5.58. The summed E-state index contributed by atoms with van der Waals surface area (Å²) in [4.78, 5) is 24.4. The number of methoxy groups -OCH3 is 1. The molecule has 4 atom stereocenters. The zero-order chi connectivity index (χ0) is 19.7. The summed E-state index contributed by atoms with van der Waals surface area (Å²) in [5.74, 6) is 4.30. The molecule has 1 heterocycles. The lowest BCUT2D eigenvalue weighted by atomic mass is 9.93. The second-order valence-electron chi connectivity index (χ2n) is 6.27. The third-order valence-electron chi connectivity index (χ3n) is 4.43. The number of carbonyl (C=O) groups excluding carboxylic acids is 1. The molecule has 0 bridgehead atoms. The standard InChI is InChI=1S/C20H27NO5/c1-5-6-7-8-16(12-26-4)9-10-17-11-18(14(2)15(3)23)21(13-22)19(17)20(24)25/h5-6,9-10,13-16,18,23H,11-12H2,1-4H3,(H,24,25)/b6-5-,10-9+. The summed E-state index contributed by atoms with van der Waals surface area (Å²) in [7, 11) is 1.57. The number of aliphatic hydroxyl groups is 1. The lowest BCUT2D eigenvalue weighted by Crippen LogP contribution is -2.39. The quantitative estimate of drug-likeness (QED) is 0.510. The van der Waals surface area contributed by atoms with Crippen molar-refractivity contribution < 1.29 is 24.5 Å². The van der Waals surface area contributed by atoms with E-state index in [1.54, 1.807) is 39.2 Å². The van der Waals surface area contributed by atoms with Crippen molar-refractivity contribution in [3.05, 3.63) is 35.6 Å². The Balaban J connectivity index is 3.16. The van der Waals surface area contributed by atoms with Gasteiger partial charge in [0.1, 0.15) is 5.70 Å². The Bertz CT molecular complexity index is 651. The molecule has 1 amide bonds. The molecule has 0 saturated carbocycles. The maximum absolute atomic E-state index is 11.7. The van der Waals surface area contributed by atoms with Crippen LogP contribution in [-0.4, -0.2) is 53.4 Å². The van der Waals surface area contributed by atoms with E-state index in [1.807, 2.05) is 13.0 Å². The lowest BCUT2D eigenvalue weighted by molar-refractivity contribution is -0.137. The molecule has 0 aliphatic carbocycles.